The number of nitrogen functional groups attached to an aromatic ring is 1. The van der Waals surface area contributed by atoms with Crippen molar-refractivity contribution in [3.05, 3.63) is 148 Å². The van der Waals surface area contributed by atoms with Crippen LogP contribution in [0.2, 0.25) is 0 Å². The highest BCUT2D eigenvalue weighted by Gasteiger charge is 2.50. The number of anilines is 2. The van der Waals surface area contributed by atoms with Gasteiger partial charge in [0.1, 0.15) is 51.8 Å². The van der Waals surface area contributed by atoms with Crippen molar-refractivity contribution in [2.75, 3.05) is 45.0 Å². The summed E-state index contributed by atoms with van der Waals surface area (Å²) in [5, 5.41) is 11.9. The summed E-state index contributed by atoms with van der Waals surface area (Å²) in [6, 6.07) is 17.9. The predicted octanol–water partition coefficient (Wildman–Crippen LogP) is 9.39. The number of hydroxylamine groups is 2. The number of alkyl carbamates (subject to hydrolysis) is 1. The van der Waals surface area contributed by atoms with Gasteiger partial charge in [-0.25, -0.2) is 42.2 Å². The maximum Gasteiger partial charge on any atom is 0.407 e. The van der Waals surface area contributed by atoms with Crippen LogP contribution in [0.5, 0.6) is 5.75 Å². The molecule has 1 atom stereocenters. The predicted molar refractivity (Wildman–Crippen MR) is 251 cm³/mol. The molecule has 69 heavy (non-hydrogen) atoms. The molecule has 0 unspecified atom stereocenters. The maximum atomic E-state index is 15.1. The lowest BCUT2D eigenvalue weighted by atomic mass is 10.0. The number of benzene rings is 4. The molecule has 0 saturated heterocycles. The number of amides is 4. The Bertz CT molecular complexity index is 2820. The molecule has 1 aliphatic heterocycles. The van der Waals surface area contributed by atoms with Crippen molar-refractivity contribution in [2.24, 2.45) is 5.10 Å². The Hall–Kier alpha value is -7.32. The van der Waals surface area contributed by atoms with Gasteiger partial charge >= 0.3 is 12.1 Å². The molecule has 1 fully saturated rings. The van der Waals surface area contributed by atoms with E-state index in [4.69, 9.17) is 20.0 Å². The number of ketones is 1. The van der Waals surface area contributed by atoms with Gasteiger partial charge in [-0.1, -0.05) is 54.7 Å². The van der Waals surface area contributed by atoms with Crippen LogP contribution in [0.25, 0.3) is 11.3 Å². The van der Waals surface area contributed by atoms with Crippen molar-refractivity contribution in [3.8, 4) is 17.0 Å². The molecule has 7 rings (SSSR count). The number of ether oxygens (including phenoxy) is 2. The van der Waals surface area contributed by atoms with E-state index >= 15 is 8.78 Å². The number of thioether (sulfide) groups is 1. The largest absolute Gasteiger partial charge is 0.488 e. The first kappa shape index (κ1) is 49.6. The quantitative estimate of drug-likeness (QED) is 0.0309. The molecule has 1 aromatic heterocycles. The molecule has 0 spiro atoms. The van der Waals surface area contributed by atoms with Gasteiger partial charge in [0.25, 0.3) is 5.91 Å². The standard InChI is InChI=1S/C49H48F4N8O7S/c1-28(26-68-47(64)55-20-9-19-49(32-10-6-5-7-11-32)61(48(65)60(3)66-4)59-46(69-49)37-23-33(50)16-18-38(37)52)41(62)12-8-21-67-43-42(56-27-57-44(43)54)36-24-34(51)25-40(29(36)2)58-45(63)35-17-15-31(22-39(35)53)30-13-14-30/h5-7,10-11,15-18,22-25,27,30H,1,8-9,12-14,19-21,26H2,2-4H3,(H,55,64)(H,58,63)(H2,54,56,57)/t49-/m0/s1. The molecule has 4 N–H and O–H groups in total. The second-order valence-electron chi connectivity index (χ2n) is 16.2. The lowest BCUT2D eigenvalue weighted by Gasteiger charge is -2.37. The smallest absolute Gasteiger partial charge is 0.407 e. The molecule has 1 aliphatic carbocycles. The SMILES string of the molecule is C=C(COC(=O)NCCC[C@@]1(c2ccccc2)SC(c2cc(F)ccc2F)=NN1C(=O)N(C)OC)C(=O)CCCOc1c(N)ncnc1-c1cc(F)cc(NC(=O)c2ccc(C3CC3)cc2F)c1C. The number of rotatable bonds is 19. The highest BCUT2D eigenvalue weighted by Crippen LogP contribution is 2.51. The van der Waals surface area contributed by atoms with Crippen LogP contribution in [-0.2, 0) is 19.2 Å². The van der Waals surface area contributed by atoms with Crippen molar-refractivity contribution >= 4 is 52.1 Å². The third-order valence-corrected chi connectivity index (χ3v) is 12.9. The number of Topliss-reactive ketones (excluding diaryl/α,β-unsaturated/α-hetero) is 1. The summed E-state index contributed by atoms with van der Waals surface area (Å²) in [4.78, 5) is 64.7. The molecule has 4 amide bonds. The number of nitrogens with two attached hydrogens (primary N) is 1. The van der Waals surface area contributed by atoms with Crippen molar-refractivity contribution in [1.82, 2.24) is 25.4 Å². The number of carbonyl (C=O) groups excluding carboxylic acids is 4. The Balaban J connectivity index is 0.909. The fraction of sp³-hybridized carbons (Fsp3) is 0.286. The number of hydrogen-bond acceptors (Lipinski definition) is 12. The van der Waals surface area contributed by atoms with Gasteiger partial charge in [0.15, 0.2) is 17.4 Å². The monoisotopic (exact) mass is 968 g/mol. The Morgan fingerprint density at radius 1 is 0.942 bits per heavy atom. The summed E-state index contributed by atoms with van der Waals surface area (Å²) in [5.41, 5.74) is 8.10. The fourth-order valence-corrected chi connectivity index (χ4v) is 8.91. The van der Waals surface area contributed by atoms with E-state index in [0.29, 0.717) is 17.0 Å². The molecule has 2 heterocycles. The number of hydrogen-bond donors (Lipinski definition) is 3. The Morgan fingerprint density at radius 2 is 1.70 bits per heavy atom. The summed E-state index contributed by atoms with van der Waals surface area (Å²) in [5.74, 6) is -3.77. The van der Waals surface area contributed by atoms with Crippen LogP contribution < -0.4 is 21.1 Å². The van der Waals surface area contributed by atoms with Gasteiger partial charge in [0, 0.05) is 42.4 Å². The number of nitrogens with one attached hydrogen (secondary N) is 2. The van der Waals surface area contributed by atoms with Gasteiger partial charge < -0.3 is 25.8 Å². The van der Waals surface area contributed by atoms with E-state index in [2.05, 4.69) is 32.3 Å². The number of aromatic nitrogens is 2. The summed E-state index contributed by atoms with van der Waals surface area (Å²) in [6.45, 7) is 4.95. The van der Waals surface area contributed by atoms with E-state index in [9.17, 15) is 28.0 Å². The van der Waals surface area contributed by atoms with E-state index < -0.39 is 58.6 Å². The van der Waals surface area contributed by atoms with Gasteiger partial charge in [-0.2, -0.15) is 10.1 Å². The number of carbonyl (C=O) groups is 4. The number of halogens is 4. The lowest BCUT2D eigenvalue weighted by Crippen LogP contribution is -2.47. The van der Waals surface area contributed by atoms with Crippen LogP contribution in [0.4, 0.5) is 38.7 Å². The van der Waals surface area contributed by atoms with Crippen LogP contribution in [0.15, 0.2) is 102 Å². The number of hydrazone groups is 1. The van der Waals surface area contributed by atoms with E-state index in [1.54, 1.807) is 43.3 Å². The first-order valence-corrected chi connectivity index (χ1v) is 22.6. The van der Waals surface area contributed by atoms with E-state index in [-0.39, 0.29) is 89.1 Å². The number of urea groups is 1. The zero-order valence-corrected chi connectivity index (χ0v) is 38.6. The molecule has 20 heteroatoms. The Kier molecular flexibility index (Phi) is 15.6. The third-order valence-electron chi connectivity index (χ3n) is 11.4. The molecule has 15 nitrogen and oxygen atoms in total. The van der Waals surface area contributed by atoms with Crippen LogP contribution in [0.3, 0.4) is 0 Å². The zero-order chi connectivity index (χ0) is 49.4. The van der Waals surface area contributed by atoms with Gasteiger partial charge in [0.05, 0.1) is 19.3 Å². The molecule has 0 bridgehead atoms. The average Bonchev–Trinajstić information content (AvgIpc) is 4.13. The zero-order valence-electron chi connectivity index (χ0n) is 37.8. The molecule has 4 aromatic carbocycles. The minimum absolute atomic E-state index is 0.00717. The van der Waals surface area contributed by atoms with Crippen LogP contribution in [0, 0.1) is 30.2 Å². The average molecular weight is 969 g/mol. The molecule has 0 radical (unpaired) electrons. The summed E-state index contributed by atoms with van der Waals surface area (Å²) < 4.78 is 70.5. The third kappa shape index (κ3) is 11.5. The lowest BCUT2D eigenvalue weighted by molar-refractivity contribution is -0.116. The first-order chi connectivity index (χ1) is 33.1. The van der Waals surface area contributed by atoms with Crippen LogP contribution >= 0.6 is 11.8 Å². The van der Waals surface area contributed by atoms with Gasteiger partial charge in [-0.3, -0.25) is 14.4 Å². The van der Waals surface area contributed by atoms with E-state index in [1.165, 1.54) is 38.7 Å². The van der Waals surface area contributed by atoms with Crippen molar-refractivity contribution in [3.63, 3.8) is 0 Å². The highest BCUT2D eigenvalue weighted by atomic mass is 32.2. The Morgan fingerprint density at radius 3 is 2.42 bits per heavy atom. The molecular formula is C49H48F4N8O7S. The molecule has 1 saturated carbocycles. The van der Waals surface area contributed by atoms with Gasteiger partial charge in [-0.05, 0) is 104 Å². The molecule has 2 aliphatic rings. The van der Waals surface area contributed by atoms with E-state index in [0.717, 1.165) is 64.5 Å². The minimum atomic E-state index is -1.28. The summed E-state index contributed by atoms with van der Waals surface area (Å²) in [7, 11) is 2.68. The maximum absolute atomic E-state index is 15.1. The highest BCUT2D eigenvalue weighted by molar-refractivity contribution is 8.15. The van der Waals surface area contributed by atoms with Crippen LogP contribution in [0.1, 0.15) is 77.1 Å². The minimum Gasteiger partial charge on any atom is -0.488 e. The topological polar surface area (TPSA) is 191 Å². The van der Waals surface area contributed by atoms with Crippen LogP contribution in [-0.4, -0.2) is 82.8 Å². The summed E-state index contributed by atoms with van der Waals surface area (Å²) >= 11 is 1.06. The van der Waals surface area contributed by atoms with E-state index in [1.807, 2.05) is 0 Å². The first-order valence-electron chi connectivity index (χ1n) is 21.8. The molecular weight excluding hydrogens is 921 g/mol. The van der Waals surface area contributed by atoms with Crippen molar-refractivity contribution < 1.29 is 51.1 Å². The normalized spacial score (nSPS) is 15.3. The number of nitrogens with zero attached hydrogens (tertiary/aromatic N) is 5. The van der Waals surface area contributed by atoms with Crippen molar-refractivity contribution in [2.45, 2.75) is 56.2 Å². The van der Waals surface area contributed by atoms with Gasteiger partial charge in [0.2, 0.25) is 0 Å². The van der Waals surface area contributed by atoms with Crippen molar-refractivity contribution in [1.29, 1.82) is 0 Å². The summed E-state index contributed by atoms with van der Waals surface area (Å²) in [6.07, 6.45) is 2.78. The Labute approximate surface area is 399 Å². The second-order valence-corrected chi connectivity index (χ2v) is 17.4. The second kappa shape index (κ2) is 21.8. The molecule has 360 valence electrons. The molecule has 5 aromatic rings. The fourth-order valence-electron chi connectivity index (χ4n) is 7.49. The van der Waals surface area contributed by atoms with Gasteiger partial charge in [-0.15, -0.1) is 0 Å².